The van der Waals surface area contributed by atoms with E-state index in [1.807, 2.05) is 19.1 Å². The quantitative estimate of drug-likeness (QED) is 0.774. The predicted molar refractivity (Wildman–Crippen MR) is 106 cm³/mol. The van der Waals surface area contributed by atoms with Crippen LogP contribution in [0.1, 0.15) is 25.6 Å². The minimum atomic E-state index is -0.542. The van der Waals surface area contributed by atoms with Crippen molar-refractivity contribution >= 4 is 17.4 Å². The van der Waals surface area contributed by atoms with Gasteiger partial charge >= 0.3 is 5.69 Å². The van der Waals surface area contributed by atoms with Crippen LogP contribution in [0.4, 0.5) is 5.69 Å². The Bertz CT molecular complexity index is 763. The molecule has 1 aromatic heterocycles. The van der Waals surface area contributed by atoms with Crippen LogP contribution in [0.5, 0.6) is 0 Å². The van der Waals surface area contributed by atoms with E-state index in [2.05, 4.69) is 34.1 Å². The molecule has 142 valence electrons. The summed E-state index contributed by atoms with van der Waals surface area (Å²) in [5.41, 5.74) is 1.26. The summed E-state index contributed by atoms with van der Waals surface area (Å²) in [5.74, 6) is 0. The number of aromatic nitrogens is 3. The second-order valence-electron chi connectivity index (χ2n) is 6.63. The summed E-state index contributed by atoms with van der Waals surface area (Å²) < 4.78 is 3.00. The summed E-state index contributed by atoms with van der Waals surface area (Å²) in [6.45, 7) is 7.84. The van der Waals surface area contributed by atoms with Gasteiger partial charge < -0.3 is 14.9 Å². The molecule has 0 spiro atoms. The van der Waals surface area contributed by atoms with Crippen LogP contribution in [0.15, 0.2) is 35.4 Å². The van der Waals surface area contributed by atoms with Gasteiger partial charge in [0.2, 0.25) is 0 Å². The van der Waals surface area contributed by atoms with Crippen molar-refractivity contribution in [3.8, 4) is 5.69 Å². The number of anilines is 1. The van der Waals surface area contributed by atoms with E-state index in [-0.39, 0.29) is 11.1 Å². The normalized spacial score (nSPS) is 18.1. The molecule has 1 fully saturated rings. The molecule has 1 N–H and O–H groups in total. The Balaban J connectivity index is 1.78. The van der Waals surface area contributed by atoms with Crippen LogP contribution in [0.2, 0.25) is 0 Å². The van der Waals surface area contributed by atoms with Crippen LogP contribution >= 0.6 is 11.8 Å². The number of benzene rings is 1. The molecular formula is C18H27N5O2S. The highest BCUT2D eigenvalue weighted by atomic mass is 32.2. The van der Waals surface area contributed by atoms with Gasteiger partial charge in [0.1, 0.15) is 11.7 Å². The minimum Gasteiger partial charge on any atom is -0.383 e. The van der Waals surface area contributed by atoms with Crippen molar-refractivity contribution in [2.75, 3.05) is 38.1 Å². The van der Waals surface area contributed by atoms with Gasteiger partial charge in [-0.1, -0.05) is 6.92 Å². The summed E-state index contributed by atoms with van der Waals surface area (Å²) in [5, 5.41) is 13.7. The maximum atomic E-state index is 12.7. The zero-order valence-electron chi connectivity index (χ0n) is 15.6. The highest BCUT2D eigenvalue weighted by molar-refractivity contribution is 7.99. The first-order chi connectivity index (χ1) is 12.5. The van der Waals surface area contributed by atoms with Gasteiger partial charge in [0.25, 0.3) is 0 Å². The molecule has 1 saturated heterocycles. The number of piperazine rings is 1. The number of aliphatic hydroxyl groups is 1. The topological polar surface area (TPSA) is 66.5 Å². The van der Waals surface area contributed by atoms with E-state index in [4.69, 9.17) is 0 Å². The smallest absolute Gasteiger partial charge is 0.351 e. The van der Waals surface area contributed by atoms with Gasteiger partial charge in [-0.05, 0) is 44.7 Å². The Morgan fingerprint density at radius 2 is 1.77 bits per heavy atom. The maximum absolute atomic E-state index is 12.7. The first kappa shape index (κ1) is 19.0. The Kier molecular flexibility index (Phi) is 6.05. The van der Waals surface area contributed by atoms with Crippen LogP contribution in [-0.2, 0) is 0 Å². The van der Waals surface area contributed by atoms with Gasteiger partial charge in [-0.15, -0.1) is 11.8 Å². The highest BCUT2D eigenvalue weighted by Crippen LogP contribution is 2.27. The van der Waals surface area contributed by atoms with Crippen molar-refractivity contribution in [1.82, 2.24) is 19.2 Å². The molecule has 0 saturated carbocycles. The monoisotopic (exact) mass is 377 g/mol. The number of aliphatic hydroxyl groups excluding tert-OH is 1. The molecule has 0 unspecified atom stereocenters. The third-order valence-electron chi connectivity index (χ3n) is 4.67. The molecule has 0 radical (unpaired) electrons. The van der Waals surface area contributed by atoms with Gasteiger partial charge in [-0.25, -0.2) is 9.36 Å². The fourth-order valence-electron chi connectivity index (χ4n) is 3.13. The van der Waals surface area contributed by atoms with E-state index in [1.165, 1.54) is 22.1 Å². The number of hydrogen-bond acceptors (Lipinski definition) is 6. The third-order valence-corrected chi connectivity index (χ3v) is 5.91. The lowest BCUT2D eigenvalue weighted by atomic mass is 10.2. The summed E-state index contributed by atoms with van der Waals surface area (Å²) in [6, 6.07) is 8.05. The molecule has 0 bridgehead atoms. The second-order valence-corrected chi connectivity index (χ2v) is 8.13. The van der Waals surface area contributed by atoms with Crippen molar-refractivity contribution in [2.45, 2.75) is 31.1 Å². The van der Waals surface area contributed by atoms with Crippen molar-refractivity contribution in [2.24, 2.45) is 0 Å². The van der Waals surface area contributed by atoms with Crippen LogP contribution < -0.4 is 10.6 Å². The molecule has 2 heterocycles. The molecule has 1 aliphatic rings. The van der Waals surface area contributed by atoms with Crippen LogP contribution in [0.25, 0.3) is 5.69 Å². The van der Waals surface area contributed by atoms with Crippen LogP contribution in [-0.4, -0.2) is 63.0 Å². The van der Waals surface area contributed by atoms with Crippen molar-refractivity contribution in [3.63, 3.8) is 0 Å². The van der Waals surface area contributed by atoms with Gasteiger partial charge in [0.05, 0.1) is 11.1 Å². The van der Waals surface area contributed by atoms with Crippen LogP contribution in [0, 0.1) is 0 Å². The van der Waals surface area contributed by atoms with Crippen molar-refractivity contribution < 1.29 is 5.11 Å². The molecule has 1 aromatic carbocycles. The first-order valence-corrected chi connectivity index (χ1v) is 9.97. The number of likely N-dealkylation sites (N-methyl/N-ethyl adjacent to an activating group) is 1. The molecule has 2 aromatic rings. The lowest BCUT2D eigenvalue weighted by Gasteiger charge is -2.34. The Morgan fingerprint density at radius 3 is 2.35 bits per heavy atom. The van der Waals surface area contributed by atoms with Crippen LogP contribution in [0.3, 0.4) is 0 Å². The molecule has 2 atom stereocenters. The van der Waals surface area contributed by atoms with Crippen molar-refractivity contribution in [3.05, 3.63) is 41.1 Å². The molecule has 3 rings (SSSR count). The lowest BCUT2D eigenvalue weighted by molar-refractivity contribution is 0.281. The van der Waals surface area contributed by atoms with E-state index in [9.17, 15) is 9.90 Å². The lowest BCUT2D eigenvalue weighted by Crippen LogP contribution is -2.44. The molecular weight excluding hydrogens is 350 g/mol. The Hall–Kier alpha value is -1.77. The van der Waals surface area contributed by atoms with Gasteiger partial charge in [0.15, 0.2) is 0 Å². The minimum absolute atomic E-state index is 0.173. The molecule has 8 heteroatoms. The van der Waals surface area contributed by atoms with Crippen molar-refractivity contribution in [1.29, 1.82) is 0 Å². The summed E-state index contributed by atoms with van der Waals surface area (Å²) >= 11 is 1.33. The summed E-state index contributed by atoms with van der Waals surface area (Å²) in [4.78, 5) is 17.4. The Labute approximate surface area is 158 Å². The molecule has 0 aliphatic carbocycles. The van der Waals surface area contributed by atoms with E-state index in [1.54, 1.807) is 17.8 Å². The fourth-order valence-corrected chi connectivity index (χ4v) is 4.04. The van der Waals surface area contributed by atoms with E-state index in [0.717, 1.165) is 38.3 Å². The largest absolute Gasteiger partial charge is 0.383 e. The van der Waals surface area contributed by atoms with E-state index >= 15 is 0 Å². The third kappa shape index (κ3) is 4.13. The number of rotatable bonds is 6. The number of thioether (sulfide) groups is 1. The summed E-state index contributed by atoms with van der Waals surface area (Å²) in [6.07, 6.45) is 2.27. The van der Waals surface area contributed by atoms with E-state index < -0.39 is 5.44 Å². The zero-order valence-corrected chi connectivity index (χ0v) is 16.4. The Morgan fingerprint density at radius 1 is 1.15 bits per heavy atom. The molecule has 0 amide bonds. The SMILES string of the molecule is CC[C@H](S[C@H](C)O)n1ncn(-c2ccc(N3CCN(C)CC3)cc2)c1=O. The molecule has 1 aliphatic heterocycles. The van der Waals surface area contributed by atoms with Gasteiger partial charge in [-0.3, -0.25) is 0 Å². The average Bonchev–Trinajstić information content (AvgIpc) is 3.02. The zero-order chi connectivity index (χ0) is 18.7. The standard InChI is InChI=1S/C18H27N5O2S/c1-4-17(26-14(2)24)23-18(25)22(13-19-23)16-7-5-15(6-8-16)21-11-9-20(3)10-12-21/h5-8,13-14,17,24H,4,9-12H2,1-3H3/t14-,17+/m1/s1. The van der Waals surface area contributed by atoms with Gasteiger partial charge in [-0.2, -0.15) is 9.78 Å². The maximum Gasteiger partial charge on any atom is 0.351 e. The average molecular weight is 378 g/mol. The molecule has 26 heavy (non-hydrogen) atoms. The highest BCUT2D eigenvalue weighted by Gasteiger charge is 2.18. The van der Waals surface area contributed by atoms with Gasteiger partial charge in [0, 0.05) is 31.9 Å². The molecule has 7 nitrogen and oxygen atoms in total. The first-order valence-electron chi connectivity index (χ1n) is 9.03. The second kappa shape index (κ2) is 8.28. The summed E-state index contributed by atoms with van der Waals surface area (Å²) in [7, 11) is 2.14. The number of nitrogens with zero attached hydrogens (tertiary/aromatic N) is 5. The predicted octanol–water partition coefficient (Wildman–Crippen LogP) is 1.77. The number of hydrogen-bond donors (Lipinski definition) is 1. The fraction of sp³-hybridized carbons (Fsp3) is 0.556. The van der Waals surface area contributed by atoms with E-state index in [0.29, 0.717) is 0 Å².